The maximum Gasteiger partial charge on any atom is 0.128 e. The smallest absolute Gasteiger partial charge is 0.128 e. The number of benzene rings is 2. The van der Waals surface area contributed by atoms with E-state index in [1.807, 2.05) is 36.4 Å². The van der Waals surface area contributed by atoms with Crippen LogP contribution in [-0.2, 0) is 11.8 Å². The van der Waals surface area contributed by atoms with E-state index in [1.165, 1.54) is 0 Å². The minimum atomic E-state index is -0.518. The Bertz CT molecular complexity index is 793. The lowest BCUT2D eigenvalue weighted by molar-refractivity contribution is 0.159. The third-order valence-corrected chi connectivity index (χ3v) is 4.91. The average molecular weight is 388 g/mol. The molecule has 0 saturated heterocycles. The number of phenols is 1. The van der Waals surface area contributed by atoms with E-state index in [0.29, 0.717) is 12.0 Å². The fourth-order valence-electron chi connectivity index (χ4n) is 3.18. The molecule has 0 fully saturated rings. The molecule has 0 unspecified atom stereocenters. The lowest BCUT2D eigenvalue weighted by atomic mass is 9.85. The van der Waals surface area contributed by atoms with Gasteiger partial charge in [-0.25, -0.2) is 0 Å². The number of aliphatic hydroxyl groups is 1. The first kappa shape index (κ1) is 17.2. The molecule has 4 heteroatoms. The van der Waals surface area contributed by atoms with E-state index in [1.54, 1.807) is 6.21 Å². The number of nitrogens with zero attached hydrogens (tertiary/aromatic N) is 1. The largest absolute Gasteiger partial charge is 0.507 e. The van der Waals surface area contributed by atoms with Crippen molar-refractivity contribution in [2.45, 2.75) is 44.8 Å². The molecule has 0 heterocycles. The van der Waals surface area contributed by atoms with Gasteiger partial charge in [0.05, 0.1) is 6.10 Å². The van der Waals surface area contributed by atoms with E-state index >= 15 is 0 Å². The van der Waals surface area contributed by atoms with E-state index in [2.05, 4.69) is 41.7 Å². The fourth-order valence-corrected chi connectivity index (χ4v) is 3.66. The zero-order chi connectivity index (χ0) is 17.5. The highest BCUT2D eigenvalue weighted by molar-refractivity contribution is 9.10. The Kier molecular flexibility index (Phi) is 4.54. The summed E-state index contributed by atoms with van der Waals surface area (Å²) in [7, 11) is 0. The molecule has 126 valence electrons. The number of rotatable bonds is 2. The molecule has 0 aliphatic heterocycles. The van der Waals surface area contributed by atoms with Crippen LogP contribution in [-0.4, -0.2) is 22.5 Å². The summed E-state index contributed by atoms with van der Waals surface area (Å²) < 4.78 is 0.902. The number of aliphatic imine (C=N–C) groups is 1. The molecule has 2 aromatic carbocycles. The molecule has 0 spiro atoms. The molecule has 0 bridgehead atoms. The standard InChI is InChI=1S/C20H22BrNO2/c1-20(2,3)16-10-14(21)8-13(19(16)24)11-22-18-15-7-5-4-6-12(15)9-17(18)23/h4-8,10-11,17-18,23-24H,9H2,1-3H3/t17-,18+/m0/s1. The Morgan fingerprint density at radius 3 is 2.62 bits per heavy atom. The number of aromatic hydroxyl groups is 1. The van der Waals surface area contributed by atoms with Gasteiger partial charge in [-0.2, -0.15) is 0 Å². The first-order valence-corrected chi connectivity index (χ1v) is 8.88. The Balaban J connectivity index is 1.97. The number of hydrogen-bond donors (Lipinski definition) is 2. The molecule has 0 radical (unpaired) electrons. The second-order valence-corrected chi connectivity index (χ2v) is 8.25. The maximum atomic E-state index is 10.6. The van der Waals surface area contributed by atoms with Crippen LogP contribution in [0.2, 0.25) is 0 Å². The van der Waals surface area contributed by atoms with Crippen molar-refractivity contribution in [3.8, 4) is 5.75 Å². The predicted octanol–water partition coefficient (Wildman–Crippen LogP) is 4.53. The van der Waals surface area contributed by atoms with Gasteiger partial charge in [-0.15, -0.1) is 0 Å². The van der Waals surface area contributed by atoms with Crippen LogP contribution in [0.4, 0.5) is 0 Å². The topological polar surface area (TPSA) is 52.8 Å². The molecular weight excluding hydrogens is 366 g/mol. The molecule has 0 amide bonds. The second-order valence-electron chi connectivity index (χ2n) is 7.33. The second kappa shape index (κ2) is 6.34. The summed E-state index contributed by atoms with van der Waals surface area (Å²) in [4.78, 5) is 4.59. The Labute approximate surface area is 151 Å². The number of fused-ring (bicyclic) bond motifs is 1. The van der Waals surface area contributed by atoms with Gasteiger partial charge >= 0.3 is 0 Å². The van der Waals surface area contributed by atoms with Gasteiger partial charge in [-0.05, 0) is 28.7 Å². The normalized spacial score (nSPS) is 20.5. The third-order valence-electron chi connectivity index (χ3n) is 4.45. The van der Waals surface area contributed by atoms with Crippen LogP contribution in [0.1, 0.15) is 49.1 Å². The van der Waals surface area contributed by atoms with E-state index < -0.39 is 6.10 Å². The van der Waals surface area contributed by atoms with Gasteiger partial charge in [0, 0.05) is 28.2 Å². The van der Waals surface area contributed by atoms with Crippen LogP contribution < -0.4 is 0 Å². The van der Waals surface area contributed by atoms with Crippen LogP contribution in [0.5, 0.6) is 5.75 Å². The van der Waals surface area contributed by atoms with Gasteiger partial charge in [0.25, 0.3) is 0 Å². The number of hydrogen-bond acceptors (Lipinski definition) is 3. The summed E-state index contributed by atoms with van der Waals surface area (Å²) in [6, 6.07) is 11.5. The molecular formula is C20H22BrNO2. The van der Waals surface area contributed by atoms with E-state index in [-0.39, 0.29) is 17.2 Å². The highest BCUT2D eigenvalue weighted by Gasteiger charge is 2.30. The van der Waals surface area contributed by atoms with Crippen LogP contribution in [0.15, 0.2) is 45.9 Å². The minimum absolute atomic E-state index is 0.171. The molecule has 2 N–H and O–H groups in total. The van der Waals surface area contributed by atoms with Gasteiger partial charge < -0.3 is 10.2 Å². The van der Waals surface area contributed by atoms with Gasteiger partial charge in [0.1, 0.15) is 11.8 Å². The van der Waals surface area contributed by atoms with Crippen molar-refractivity contribution in [1.29, 1.82) is 0 Å². The molecule has 24 heavy (non-hydrogen) atoms. The monoisotopic (exact) mass is 387 g/mol. The number of halogens is 1. The zero-order valence-corrected chi connectivity index (χ0v) is 15.7. The molecule has 3 nitrogen and oxygen atoms in total. The van der Waals surface area contributed by atoms with Crippen molar-refractivity contribution in [3.05, 3.63) is 63.1 Å². The Hall–Kier alpha value is -1.65. The van der Waals surface area contributed by atoms with E-state index in [0.717, 1.165) is 21.2 Å². The van der Waals surface area contributed by atoms with Crippen LogP contribution in [0.3, 0.4) is 0 Å². The summed E-state index contributed by atoms with van der Waals surface area (Å²) in [6.07, 6.45) is 1.77. The molecule has 0 aromatic heterocycles. The van der Waals surface area contributed by atoms with Crippen LogP contribution in [0, 0.1) is 0 Å². The highest BCUT2D eigenvalue weighted by atomic mass is 79.9. The van der Waals surface area contributed by atoms with E-state index in [4.69, 9.17) is 0 Å². The molecule has 1 aliphatic rings. The molecule has 0 saturated carbocycles. The first-order chi connectivity index (χ1) is 11.3. The van der Waals surface area contributed by atoms with Crippen LogP contribution >= 0.6 is 15.9 Å². The summed E-state index contributed by atoms with van der Waals surface area (Å²) in [6.45, 7) is 6.19. The van der Waals surface area contributed by atoms with Crippen molar-refractivity contribution >= 4 is 22.1 Å². The van der Waals surface area contributed by atoms with Crippen molar-refractivity contribution in [2.75, 3.05) is 0 Å². The predicted molar refractivity (Wildman–Crippen MR) is 101 cm³/mol. The maximum absolute atomic E-state index is 10.6. The highest BCUT2D eigenvalue weighted by Crippen LogP contribution is 2.37. The number of phenolic OH excluding ortho intramolecular Hbond substituents is 1. The summed E-state index contributed by atoms with van der Waals surface area (Å²) in [5.41, 5.74) is 3.56. The molecule has 3 rings (SSSR count). The fraction of sp³-hybridized carbons (Fsp3) is 0.350. The number of aliphatic hydroxyl groups excluding tert-OH is 1. The van der Waals surface area contributed by atoms with Gasteiger partial charge in [-0.3, -0.25) is 4.99 Å². The Morgan fingerprint density at radius 2 is 1.92 bits per heavy atom. The van der Waals surface area contributed by atoms with Crippen molar-refractivity contribution in [3.63, 3.8) is 0 Å². The first-order valence-electron chi connectivity index (χ1n) is 8.09. The van der Waals surface area contributed by atoms with Gasteiger partial charge in [0.2, 0.25) is 0 Å². The van der Waals surface area contributed by atoms with Crippen molar-refractivity contribution in [2.24, 2.45) is 4.99 Å². The quantitative estimate of drug-likeness (QED) is 0.743. The van der Waals surface area contributed by atoms with Crippen molar-refractivity contribution < 1.29 is 10.2 Å². The third kappa shape index (κ3) is 3.26. The summed E-state index contributed by atoms with van der Waals surface area (Å²) in [5, 5.41) is 20.9. The zero-order valence-electron chi connectivity index (χ0n) is 14.1. The SMILES string of the molecule is CC(C)(C)c1cc(Br)cc(C=N[C@@H]2c3ccccc3C[C@@H]2O)c1O. The van der Waals surface area contributed by atoms with Gasteiger partial charge in [0.15, 0.2) is 0 Å². The lowest BCUT2D eigenvalue weighted by Gasteiger charge is -2.22. The van der Waals surface area contributed by atoms with Gasteiger partial charge in [-0.1, -0.05) is 61.0 Å². The average Bonchev–Trinajstić information content (AvgIpc) is 2.82. The minimum Gasteiger partial charge on any atom is -0.507 e. The molecule has 2 aromatic rings. The van der Waals surface area contributed by atoms with Crippen molar-refractivity contribution in [1.82, 2.24) is 0 Å². The lowest BCUT2D eigenvalue weighted by Crippen LogP contribution is -2.13. The summed E-state index contributed by atoms with van der Waals surface area (Å²) in [5.74, 6) is 0.246. The molecule has 2 atom stereocenters. The molecule has 1 aliphatic carbocycles. The van der Waals surface area contributed by atoms with E-state index in [9.17, 15) is 10.2 Å². The summed E-state index contributed by atoms with van der Waals surface area (Å²) >= 11 is 3.51. The van der Waals surface area contributed by atoms with Crippen LogP contribution in [0.25, 0.3) is 0 Å². The Morgan fingerprint density at radius 1 is 1.21 bits per heavy atom.